The Morgan fingerprint density at radius 1 is 1.37 bits per heavy atom. The van der Waals surface area contributed by atoms with Crippen molar-refractivity contribution in [2.24, 2.45) is 0 Å². The monoisotopic (exact) mass is 407 g/mol. The summed E-state index contributed by atoms with van der Waals surface area (Å²) in [6.45, 7) is 4.75. The van der Waals surface area contributed by atoms with Gasteiger partial charge in [0.1, 0.15) is 22.9 Å². The van der Waals surface area contributed by atoms with Gasteiger partial charge in [-0.2, -0.15) is 5.10 Å². The molecule has 3 aromatic heterocycles. The summed E-state index contributed by atoms with van der Waals surface area (Å²) in [5.41, 5.74) is 2.10. The molecule has 7 nitrogen and oxygen atoms in total. The van der Waals surface area contributed by atoms with Crippen molar-refractivity contribution in [2.75, 3.05) is 18.1 Å². The molecule has 1 aliphatic rings. The molecule has 0 amide bonds. The van der Waals surface area contributed by atoms with Crippen LogP contribution in [0.2, 0.25) is 0 Å². The van der Waals surface area contributed by atoms with Crippen LogP contribution in [0.25, 0.3) is 5.65 Å². The molecule has 1 saturated heterocycles. The van der Waals surface area contributed by atoms with Crippen molar-refractivity contribution in [3.8, 4) is 11.8 Å². The zero-order valence-corrected chi connectivity index (χ0v) is 16.9. The number of carbonyl (C=O) groups is 1. The third-order valence-electron chi connectivity index (χ3n) is 5.02. The molecule has 0 aromatic carbocycles. The highest BCUT2D eigenvalue weighted by molar-refractivity contribution is 5.95. The molecule has 0 radical (unpaired) electrons. The average molecular weight is 407 g/mol. The molecule has 3 aromatic rings. The Hall–Kier alpha value is -3.47. The summed E-state index contributed by atoms with van der Waals surface area (Å²) in [6.07, 6.45) is 6.88. The Morgan fingerprint density at radius 3 is 3.03 bits per heavy atom. The van der Waals surface area contributed by atoms with Gasteiger partial charge in [0, 0.05) is 24.7 Å². The first-order valence-electron chi connectivity index (χ1n) is 10.0. The fraction of sp³-hybridized carbons (Fsp3) is 0.364. The van der Waals surface area contributed by atoms with Crippen LogP contribution in [0, 0.1) is 17.7 Å². The summed E-state index contributed by atoms with van der Waals surface area (Å²) in [7, 11) is 0. The van der Waals surface area contributed by atoms with Gasteiger partial charge < -0.3 is 9.64 Å². The number of rotatable bonds is 4. The number of hydrogen-bond acceptors (Lipinski definition) is 6. The zero-order valence-electron chi connectivity index (χ0n) is 16.9. The molecule has 0 N–H and O–H groups in total. The van der Waals surface area contributed by atoms with E-state index in [0.29, 0.717) is 29.1 Å². The van der Waals surface area contributed by atoms with E-state index in [9.17, 15) is 9.18 Å². The highest BCUT2D eigenvalue weighted by atomic mass is 19.1. The Kier molecular flexibility index (Phi) is 5.61. The van der Waals surface area contributed by atoms with E-state index in [0.717, 1.165) is 24.9 Å². The molecule has 0 aliphatic carbocycles. The third kappa shape index (κ3) is 3.71. The van der Waals surface area contributed by atoms with Crippen molar-refractivity contribution in [1.29, 1.82) is 0 Å². The van der Waals surface area contributed by atoms with Gasteiger partial charge in [0.2, 0.25) is 0 Å². The molecule has 4 rings (SSSR count). The van der Waals surface area contributed by atoms with E-state index in [-0.39, 0.29) is 18.5 Å². The van der Waals surface area contributed by atoms with Crippen LogP contribution in [0.4, 0.5) is 10.2 Å². The van der Waals surface area contributed by atoms with Gasteiger partial charge in [-0.05, 0) is 37.8 Å². The van der Waals surface area contributed by atoms with Crippen molar-refractivity contribution in [2.45, 2.75) is 39.2 Å². The molecule has 4 heterocycles. The maximum absolute atomic E-state index is 14.0. The molecule has 0 saturated carbocycles. The summed E-state index contributed by atoms with van der Waals surface area (Å²) < 4.78 is 20.7. The van der Waals surface area contributed by atoms with Gasteiger partial charge in [0.15, 0.2) is 5.65 Å². The normalized spacial score (nSPS) is 15.8. The SMILES string of the molecule is CCC#Cc1ncc(F)cc1C1CCCN1c1ccn2ncc(C(=O)OCC)c2n1. The second kappa shape index (κ2) is 8.49. The van der Waals surface area contributed by atoms with Gasteiger partial charge in [-0.1, -0.05) is 12.8 Å². The standard InChI is InChI=1S/C22H22FN5O2/c1-3-5-7-18-16(12-15(23)13-24-18)19-8-6-10-27(19)20-9-11-28-21(26-20)17(14-25-28)22(29)30-4-2/h9,11-14,19H,3-4,6,8,10H2,1-2H3. The lowest BCUT2D eigenvalue weighted by atomic mass is 10.0. The summed E-state index contributed by atoms with van der Waals surface area (Å²) in [5.74, 6) is 5.92. The number of fused-ring (bicyclic) bond motifs is 1. The smallest absolute Gasteiger partial charge is 0.343 e. The largest absolute Gasteiger partial charge is 0.462 e. The molecule has 8 heteroatoms. The molecule has 1 fully saturated rings. The average Bonchev–Trinajstić information content (AvgIpc) is 3.39. The van der Waals surface area contributed by atoms with E-state index in [2.05, 4.69) is 31.8 Å². The predicted octanol–water partition coefficient (Wildman–Crippen LogP) is 3.54. The maximum atomic E-state index is 14.0. The van der Waals surface area contributed by atoms with E-state index in [1.54, 1.807) is 17.6 Å². The lowest BCUT2D eigenvalue weighted by molar-refractivity contribution is 0.0528. The first-order chi connectivity index (χ1) is 14.6. The second-order valence-corrected chi connectivity index (χ2v) is 6.93. The lowest BCUT2D eigenvalue weighted by Crippen LogP contribution is -2.25. The van der Waals surface area contributed by atoms with Crippen molar-refractivity contribution >= 4 is 17.4 Å². The number of esters is 1. The maximum Gasteiger partial charge on any atom is 0.343 e. The van der Waals surface area contributed by atoms with Gasteiger partial charge in [0.05, 0.1) is 25.0 Å². The number of nitrogens with zero attached hydrogens (tertiary/aromatic N) is 5. The van der Waals surface area contributed by atoms with E-state index >= 15 is 0 Å². The molecule has 30 heavy (non-hydrogen) atoms. The zero-order chi connectivity index (χ0) is 21.1. The van der Waals surface area contributed by atoms with Gasteiger partial charge in [-0.25, -0.2) is 23.7 Å². The first kappa shape index (κ1) is 19.8. The number of ether oxygens (including phenoxy) is 1. The molecule has 1 atom stereocenters. The van der Waals surface area contributed by atoms with Crippen LogP contribution in [0.1, 0.15) is 60.8 Å². The minimum atomic E-state index is -0.457. The van der Waals surface area contributed by atoms with Gasteiger partial charge in [-0.3, -0.25) is 0 Å². The van der Waals surface area contributed by atoms with Gasteiger partial charge in [0.25, 0.3) is 0 Å². The predicted molar refractivity (Wildman–Crippen MR) is 110 cm³/mol. The van der Waals surface area contributed by atoms with Crippen molar-refractivity contribution in [1.82, 2.24) is 19.6 Å². The molecule has 0 spiro atoms. The highest BCUT2D eigenvalue weighted by Gasteiger charge is 2.30. The van der Waals surface area contributed by atoms with Crippen LogP contribution in [0.3, 0.4) is 0 Å². The first-order valence-corrected chi connectivity index (χ1v) is 10.0. The van der Waals surface area contributed by atoms with Gasteiger partial charge >= 0.3 is 5.97 Å². The number of hydrogen-bond donors (Lipinski definition) is 0. The number of anilines is 1. The van der Waals surface area contributed by atoms with Crippen LogP contribution in [0.15, 0.2) is 30.7 Å². The van der Waals surface area contributed by atoms with E-state index in [1.165, 1.54) is 18.5 Å². The number of halogens is 1. The van der Waals surface area contributed by atoms with Crippen LogP contribution < -0.4 is 4.90 Å². The Labute approximate surface area is 173 Å². The van der Waals surface area contributed by atoms with Gasteiger partial charge in [-0.15, -0.1) is 0 Å². The minimum absolute atomic E-state index is 0.0988. The van der Waals surface area contributed by atoms with E-state index in [4.69, 9.17) is 4.74 Å². The number of aromatic nitrogens is 4. The fourth-order valence-electron chi connectivity index (χ4n) is 3.72. The minimum Gasteiger partial charge on any atom is -0.462 e. The summed E-state index contributed by atoms with van der Waals surface area (Å²) in [5, 5.41) is 4.18. The summed E-state index contributed by atoms with van der Waals surface area (Å²) >= 11 is 0. The van der Waals surface area contributed by atoms with Crippen LogP contribution in [-0.4, -0.2) is 38.7 Å². The third-order valence-corrected chi connectivity index (χ3v) is 5.02. The topological polar surface area (TPSA) is 72.6 Å². The van der Waals surface area contributed by atoms with Crippen LogP contribution >= 0.6 is 0 Å². The molecular weight excluding hydrogens is 385 g/mol. The Bertz CT molecular complexity index is 1150. The fourth-order valence-corrected chi connectivity index (χ4v) is 3.72. The Morgan fingerprint density at radius 2 is 2.23 bits per heavy atom. The molecule has 1 unspecified atom stereocenters. The molecule has 1 aliphatic heterocycles. The molecular formula is C22H22FN5O2. The van der Waals surface area contributed by atoms with Crippen LogP contribution in [-0.2, 0) is 4.74 Å². The van der Waals surface area contributed by atoms with Crippen molar-refractivity contribution in [3.05, 3.63) is 53.4 Å². The van der Waals surface area contributed by atoms with E-state index < -0.39 is 5.97 Å². The quantitative estimate of drug-likeness (QED) is 0.487. The Balaban J connectivity index is 1.74. The lowest BCUT2D eigenvalue weighted by Gasteiger charge is -2.26. The van der Waals surface area contributed by atoms with Crippen LogP contribution in [0.5, 0.6) is 0 Å². The molecule has 0 bridgehead atoms. The van der Waals surface area contributed by atoms with Crippen molar-refractivity contribution in [3.63, 3.8) is 0 Å². The number of pyridine rings is 1. The number of carbonyl (C=O) groups excluding carboxylic acids is 1. The summed E-state index contributed by atoms with van der Waals surface area (Å²) in [4.78, 5) is 23.2. The summed E-state index contributed by atoms with van der Waals surface area (Å²) in [6, 6.07) is 3.26. The second-order valence-electron chi connectivity index (χ2n) is 6.93. The highest BCUT2D eigenvalue weighted by Crippen LogP contribution is 2.36. The van der Waals surface area contributed by atoms with Crippen molar-refractivity contribution < 1.29 is 13.9 Å². The molecule has 154 valence electrons. The van der Waals surface area contributed by atoms with E-state index in [1.807, 2.05) is 13.0 Å².